The van der Waals surface area contributed by atoms with Crippen molar-refractivity contribution in [3.8, 4) is 17.6 Å². The average molecular weight is 440 g/mol. The van der Waals surface area contributed by atoms with Gasteiger partial charge in [0.25, 0.3) is 0 Å². The molecule has 2 heterocycles. The Morgan fingerprint density at radius 1 is 1.16 bits per heavy atom. The predicted molar refractivity (Wildman–Crippen MR) is 122 cm³/mol. The highest BCUT2D eigenvalue weighted by atomic mass is 16.5. The van der Waals surface area contributed by atoms with Crippen molar-refractivity contribution in [2.24, 2.45) is 0 Å². The van der Waals surface area contributed by atoms with Crippen LogP contribution in [0.3, 0.4) is 0 Å². The van der Waals surface area contributed by atoms with E-state index in [1.165, 1.54) is 0 Å². The second-order valence-corrected chi connectivity index (χ2v) is 8.12. The molecule has 0 radical (unpaired) electrons. The molecule has 1 saturated heterocycles. The summed E-state index contributed by atoms with van der Waals surface area (Å²) in [5.41, 5.74) is 4.22. The molecule has 2 aromatic rings. The molecular formula is C24H33N5O3. The number of hydrogen-bond donors (Lipinski definition) is 0. The molecule has 1 aliphatic rings. The molecule has 32 heavy (non-hydrogen) atoms. The second kappa shape index (κ2) is 11.0. The van der Waals surface area contributed by atoms with Crippen molar-refractivity contribution < 1.29 is 14.3 Å². The van der Waals surface area contributed by atoms with Gasteiger partial charge in [-0.05, 0) is 44.0 Å². The van der Waals surface area contributed by atoms with Crippen LogP contribution < -0.4 is 9.47 Å². The molecule has 1 amide bonds. The molecule has 0 bridgehead atoms. The van der Waals surface area contributed by atoms with Gasteiger partial charge in [-0.15, -0.1) is 0 Å². The number of carbonyl (C=O) groups excluding carboxylic acids is 1. The zero-order valence-electron chi connectivity index (χ0n) is 19.6. The molecule has 0 aliphatic carbocycles. The summed E-state index contributed by atoms with van der Waals surface area (Å²) >= 11 is 0. The number of piperazine rings is 1. The maximum Gasteiger partial charge on any atom is 0.222 e. The highest BCUT2D eigenvalue weighted by Gasteiger charge is 2.23. The second-order valence-electron chi connectivity index (χ2n) is 8.12. The van der Waals surface area contributed by atoms with Gasteiger partial charge >= 0.3 is 0 Å². The number of benzene rings is 1. The summed E-state index contributed by atoms with van der Waals surface area (Å²) in [6.07, 6.45) is 1.60. The molecule has 0 unspecified atom stereocenters. The van der Waals surface area contributed by atoms with Gasteiger partial charge in [-0.25, -0.2) is 0 Å². The lowest BCUT2D eigenvalue weighted by Gasteiger charge is -2.35. The minimum atomic E-state index is 0.187. The fourth-order valence-electron chi connectivity index (χ4n) is 4.26. The van der Waals surface area contributed by atoms with Gasteiger partial charge in [0.05, 0.1) is 38.9 Å². The number of amides is 1. The number of rotatable bonds is 9. The Balaban J connectivity index is 1.51. The molecule has 1 aromatic carbocycles. The van der Waals surface area contributed by atoms with E-state index in [0.29, 0.717) is 25.8 Å². The zero-order chi connectivity index (χ0) is 23.1. The van der Waals surface area contributed by atoms with E-state index in [2.05, 4.69) is 16.1 Å². The van der Waals surface area contributed by atoms with Crippen LogP contribution in [-0.2, 0) is 24.3 Å². The molecule has 1 fully saturated rings. The van der Waals surface area contributed by atoms with Crippen molar-refractivity contribution in [2.75, 3.05) is 40.4 Å². The summed E-state index contributed by atoms with van der Waals surface area (Å²) in [7, 11) is 3.34. The van der Waals surface area contributed by atoms with E-state index in [0.717, 1.165) is 66.7 Å². The predicted octanol–water partition coefficient (Wildman–Crippen LogP) is 2.71. The number of nitriles is 1. The van der Waals surface area contributed by atoms with Crippen molar-refractivity contribution in [1.82, 2.24) is 19.6 Å². The van der Waals surface area contributed by atoms with Gasteiger partial charge in [0, 0.05) is 50.4 Å². The maximum absolute atomic E-state index is 12.8. The Morgan fingerprint density at radius 3 is 2.56 bits per heavy atom. The van der Waals surface area contributed by atoms with Crippen LogP contribution in [0.5, 0.6) is 11.5 Å². The average Bonchev–Trinajstić information content (AvgIpc) is 3.08. The number of carbonyl (C=O) groups is 1. The molecule has 0 N–H and O–H groups in total. The summed E-state index contributed by atoms with van der Waals surface area (Å²) in [6.45, 7) is 8.46. The summed E-state index contributed by atoms with van der Waals surface area (Å²) < 4.78 is 12.7. The van der Waals surface area contributed by atoms with E-state index < -0.39 is 0 Å². The van der Waals surface area contributed by atoms with Crippen LogP contribution in [-0.4, -0.2) is 65.9 Å². The summed E-state index contributed by atoms with van der Waals surface area (Å²) in [6, 6.07) is 8.00. The van der Waals surface area contributed by atoms with Gasteiger partial charge < -0.3 is 14.4 Å². The normalized spacial score (nSPS) is 14.3. The number of nitrogens with zero attached hydrogens (tertiary/aromatic N) is 5. The zero-order valence-corrected chi connectivity index (χ0v) is 19.6. The first-order valence-electron chi connectivity index (χ1n) is 11.1. The first-order valence-corrected chi connectivity index (χ1v) is 11.1. The van der Waals surface area contributed by atoms with Crippen LogP contribution in [0.2, 0.25) is 0 Å². The Morgan fingerprint density at radius 2 is 1.91 bits per heavy atom. The topological polar surface area (TPSA) is 83.6 Å². The van der Waals surface area contributed by atoms with E-state index in [-0.39, 0.29) is 5.91 Å². The van der Waals surface area contributed by atoms with E-state index in [4.69, 9.17) is 14.7 Å². The third-order valence-electron chi connectivity index (χ3n) is 6.16. The van der Waals surface area contributed by atoms with Gasteiger partial charge in [-0.3, -0.25) is 14.4 Å². The van der Waals surface area contributed by atoms with Crippen molar-refractivity contribution >= 4 is 5.91 Å². The molecular weight excluding hydrogens is 406 g/mol. The van der Waals surface area contributed by atoms with Gasteiger partial charge in [0.15, 0.2) is 0 Å². The van der Waals surface area contributed by atoms with Crippen molar-refractivity contribution in [3.63, 3.8) is 0 Å². The summed E-state index contributed by atoms with van der Waals surface area (Å²) in [5.74, 6) is 1.86. The number of aryl methyl sites for hydroxylation is 2. The van der Waals surface area contributed by atoms with Crippen molar-refractivity contribution in [1.29, 1.82) is 5.26 Å². The molecule has 3 rings (SSSR count). The highest BCUT2D eigenvalue weighted by molar-refractivity contribution is 5.76. The molecule has 8 nitrogen and oxygen atoms in total. The van der Waals surface area contributed by atoms with Crippen LogP contribution in [0.15, 0.2) is 18.2 Å². The molecule has 0 saturated carbocycles. The van der Waals surface area contributed by atoms with Crippen LogP contribution in [0, 0.1) is 25.2 Å². The quantitative estimate of drug-likeness (QED) is 0.597. The largest absolute Gasteiger partial charge is 0.497 e. The van der Waals surface area contributed by atoms with Crippen LogP contribution in [0.4, 0.5) is 0 Å². The van der Waals surface area contributed by atoms with Crippen LogP contribution in [0.25, 0.3) is 0 Å². The van der Waals surface area contributed by atoms with Crippen molar-refractivity contribution in [3.05, 3.63) is 40.7 Å². The molecule has 0 spiro atoms. The molecule has 172 valence electrons. The third kappa shape index (κ3) is 5.60. The lowest BCUT2D eigenvalue weighted by molar-refractivity contribution is -0.133. The third-order valence-corrected chi connectivity index (χ3v) is 6.16. The van der Waals surface area contributed by atoms with E-state index >= 15 is 0 Å². The van der Waals surface area contributed by atoms with E-state index in [1.54, 1.807) is 14.2 Å². The smallest absolute Gasteiger partial charge is 0.222 e. The number of hydrogen-bond acceptors (Lipinski definition) is 6. The number of ether oxygens (including phenoxy) is 2. The Hall–Kier alpha value is -3.05. The fraction of sp³-hybridized carbons (Fsp3) is 0.542. The van der Waals surface area contributed by atoms with Gasteiger partial charge in [0.2, 0.25) is 5.91 Å². The molecule has 1 aliphatic heterocycles. The Kier molecular flexibility index (Phi) is 8.12. The lowest BCUT2D eigenvalue weighted by atomic mass is 10.1. The minimum Gasteiger partial charge on any atom is -0.497 e. The maximum atomic E-state index is 12.8. The fourth-order valence-corrected chi connectivity index (χ4v) is 4.26. The monoisotopic (exact) mass is 439 g/mol. The SMILES string of the molecule is COc1ccc(OC)c(CN2CCN(C(=O)CCc3c(C)nn(CCC#N)c3C)CC2)c1. The van der Waals surface area contributed by atoms with Gasteiger partial charge in [-0.2, -0.15) is 10.4 Å². The summed E-state index contributed by atoms with van der Waals surface area (Å²) in [5, 5.41) is 13.3. The Labute approximate surface area is 190 Å². The van der Waals surface area contributed by atoms with E-state index in [9.17, 15) is 4.79 Å². The van der Waals surface area contributed by atoms with Gasteiger partial charge in [0.1, 0.15) is 11.5 Å². The lowest BCUT2D eigenvalue weighted by Crippen LogP contribution is -2.48. The minimum absolute atomic E-state index is 0.187. The Bertz CT molecular complexity index is 971. The molecule has 0 atom stereocenters. The van der Waals surface area contributed by atoms with Crippen LogP contribution in [0.1, 0.15) is 35.4 Å². The van der Waals surface area contributed by atoms with Crippen molar-refractivity contribution in [2.45, 2.75) is 46.2 Å². The van der Waals surface area contributed by atoms with E-state index in [1.807, 2.05) is 41.6 Å². The molecule has 1 aromatic heterocycles. The molecule has 8 heteroatoms. The first-order chi connectivity index (χ1) is 15.5. The van der Waals surface area contributed by atoms with Crippen LogP contribution >= 0.6 is 0 Å². The highest BCUT2D eigenvalue weighted by Crippen LogP contribution is 2.26. The number of methoxy groups -OCH3 is 2. The summed E-state index contributed by atoms with van der Waals surface area (Å²) in [4.78, 5) is 17.1. The van der Waals surface area contributed by atoms with Gasteiger partial charge in [-0.1, -0.05) is 0 Å². The number of aromatic nitrogens is 2. The first kappa shape index (κ1) is 23.6. The standard InChI is InChI=1S/C24H33N5O3/c1-18-22(19(2)29(26-18)11-5-10-25)7-9-24(30)28-14-12-27(13-15-28)17-20-16-21(31-3)6-8-23(20)32-4/h6,8,16H,5,7,9,11-15,17H2,1-4H3.